The highest BCUT2D eigenvalue weighted by atomic mass is 16.5. The summed E-state index contributed by atoms with van der Waals surface area (Å²) >= 11 is 0. The fourth-order valence-electron chi connectivity index (χ4n) is 2.41. The molecule has 0 heterocycles. The van der Waals surface area contributed by atoms with Gasteiger partial charge < -0.3 is 18.9 Å². The molecule has 0 aliphatic carbocycles. The minimum absolute atomic E-state index is 0.394. The topological polar surface area (TPSA) is 54.0 Å². The van der Waals surface area contributed by atoms with Crippen LogP contribution in [0.3, 0.4) is 0 Å². The molecule has 2 rings (SSSR count). The first-order valence-corrected chi connectivity index (χ1v) is 6.39. The summed E-state index contributed by atoms with van der Waals surface area (Å²) in [6, 6.07) is 5.21. The Kier molecular flexibility index (Phi) is 4.21. The Morgan fingerprint density at radius 2 is 1.57 bits per heavy atom. The van der Waals surface area contributed by atoms with Crippen LogP contribution in [0.1, 0.15) is 15.9 Å². The fourth-order valence-corrected chi connectivity index (χ4v) is 2.41. The Balaban J connectivity index is 2.92. The summed E-state index contributed by atoms with van der Waals surface area (Å²) in [6.07, 6.45) is 0. The van der Waals surface area contributed by atoms with Crippen molar-refractivity contribution in [1.29, 1.82) is 0 Å². The van der Waals surface area contributed by atoms with E-state index in [0.29, 0.717) is 22.8 Å². The van der Waals surface area contributed by atoms with Crippen molar-refractivity contribution in [2.24, 2.45) is 0 Å². The number of rotatable bonds is 4. The Hall–Kier alpha value is -2.43. The predicted octanol–water partition coefficient (Wildman–Crippen LogP) is 2.96. The molecule has 0 fully saturated rings. The standard InChI is InChI=1S/C16H18O5/c1-9-6-12(18-2)11-7-10(16(17)21-5)8-13(19-3)14(11)15(9)20-4/h6-8H,1-5H3. The molecule has 2 aromatic rings. The number of fused-ring (bicyclic) bond motifs is 1. The lowest BCUT2D eigenvalue weighted by atomic mass is 10.0. The van der Waals surface area contributed by atoms with Crippen LogP contribution >= 0.6 is 0 Å². The van der Waals surface area contributed by atoms with Crippen LogP contribution < -0.4 is 14.2 Å². The van der Waals surface area contributed by atoms with Crippen molar-refractivity contribution < 1.29 is 23.7 Å². The highest BCUT2D eigenvalue weighted by Gasteiger charge is 2.19. The van der Waals surface area contributed by atoms with E-state index >= 15 is 0 Å². The lowest BCUT2D eigenvalue weighted by Crippen LogP contribution is -2.03. The molecule has 0 spiro atoms. The lowest BCUT2D eigenvalue weighted by molar-refractivity contribution is 0.0600. The summed E-state index contributed by atoms with van der Waals surface area (Å²) in [4.78, 5) is 11.8. The second-order valence-electron chi connectivity index (χ2n) is 4.52. The monoisotopic (exact) mass is 290 g/mol. The summed E-state index contributed by atoms with van der Waals surface area (Å²) in [5, 5.41) is 1.50. The van der Waals surface area contributed by atoms with Crippen LogP contribution in [0.2, 0.25) is 0 Å². The minimum atomic E-state index is -0.434. The first-order chi connectivity index (χ1) is 10.1. The number of hydrogen-bond acceptors (Lipinski definition) is 5. The fraction of sp³-hybridized carbons (Fsp3) is 0.312. The summed E-state index contributed by atoms with van der Waals surface area (Å²) in [5.41, 5.74) is 1.32. The zero-order chi connectivity index (χ0) is 15.6. The second-order valence-corrected chi connectivity index (χ2v) is 4.52. The largest absolute Gasteiger partial charge is 0.496 e. The van der Waals surface area contributed by atoms with E-state index in [1.165, 1.54) is 7.11 Å². The highest BCUT2D eigenvalue weighted by molar-refractivity contribution is 6.04. The Morgan fingerprint density at radius 1 is 0.905 bits per heavy atom. The molecule has 0 amide bonds. The van der Waals surface area contributed by atoms with E-state index in [2.05, 4.69) is 0 Å². The van der Waals surface area contributed by atoms with E-state index in [9.17, 15) is 4.79 Å². The number of benzene rings is 2. The minimum Gasteiger partial charge on any atom is -0.496 e. The van der Waals surface area contributed by atoms with Gasteiger partial charge in [0.25, 0.3) is 0 Å². The maximum absolute atomic E-state index is 11.8. The molecular weight excluding hydrogens is 272 g/mol. The van der Waals surface area contributed by atoms with Crippen LogP contribution in [0.25, 0.3) is 10.8 Å². The van der Waals surface area contributed by atoms with Gasteiger partial charge in [-0.3, -0.25) is 0 Å². The average molecular weight is 290 g/mol. The van der Waals surface area contributed by atoms with Crippen molar-refractivity contribution in [3.8, 4) is 17.2 Å². The third-order valence-electron chi connectivity index (χ3n) is 3.37. The summed E-state index contributed by atoms with van der Waals surface area (Å²) in [6.45, 7) is 1.93. The molecule has 0 N–H and O–H groups in total. The number of esters is 1. The van der Waals surface area contributed by atoms with Gasteiger partial charge in [-0.05, 0) is 30.7 Å². The smallest absolute Gasteiger partial charge is 0.338 e. The van der Waals surface area contributed by atoms with Crippen molar-refractivity contribution in [2.75, 3.05) is 28.4 Å². The van der Waals surface area contributed by atoms with Gasteiger partial charge in [0.15, 0.2) is 0 Å². The van der Waals surface area contributed by atoms with Gasteiger partial charge in [0.2, 0.25) is 0 Å². The molecule has 0 radical (unpaired) electrons. The van der Waals surface area contributed by atoms with E-state index in [4.69, 9.17) is 18.9 Å². The van der Waals surface area contributed by atoms with Gasteiger partial charge in [-0.15, -0.1) is 0 Å². The van der Waals surface area contributed by atoms with E-state index in [-0.39, 0.29) is 0 Å². The Morgan fingerprint density at radius 3 is 2.10 bits per heavy atom. The second kappa shape index (κ2) is 5.91. The molecule has 0 aliphatic heterocycles. The number of aryl methyl sites for hydroxylation is 1. The zero-order valence-electron chi connectivity index (χ0n) is 12.8. The molecule has 0 unspecified atom stereocenters. The normalized spacial score (nSPS) is 10.3. The molecule has 5 nitrogen and oxygen atoms in total. The van der Waals surface area contributed by atoms with Gasteiger partial charge in [0, 0.05) is 5.39 Å². The van der Waals surface area contributed by atoms with Crippen molar-refractivity contribution in [3.63, 3.8) is 0 Å². The molecular formula is C16H18O5. The van der Waals surface area contributed by atoms with Crippen LogP contribution in [0, 0.1) is 6.92 Å². The van der Waals surface area contributed by atoms with Crippen molar-refractivity contribution >= 4 is 16.7 Å². The molecule has 2 aromatic carbocycles. The van der Waals surface area contributed by atoms with Gasteiger partial charge in [-0.2, -0.15) is 0 Å². The Bertz CT molecular complexity index is 691. The average Bonchev–Trinajstić information content (AvgIpc) is 2.52. The van der Waals surface area contributed by atoms with Crippen LogP contribution in [0.5, 0.6) is 17.2 Å². The van der Waals surface area contributed by atoms with Gasteiger partial charge in [0.05, 0.1) is 39.4 Å². The summed E-state index contributed by atoms with van der Waals surface area (Å²) < 4.78 is 21.1. The maximum Gasteiger partial charge on any atom is 0.338 e. The maximum atomic E-state index is 11.8. The van der Waals surface area contributed by atoms with E-state index in [1.807, 2.05) is 13.0 Å². The van der Waals surface area contributed by atoms with Crippen LogP contribution in [0.4, 0.5) is 0 Å². The highest BCUT2D eigenvalue weighted by Crippen LogP contribution is 2.42. The quantitative estimate of drug-likeness (QED) is 0.810. The number of methoxy groups -OCH3 is 4. The van der Waals surface area contributed by atoms with Gasteiger partial charge in [-0.25, -0.2) is 4.79 Å². The molecule has 0 atom stereocenters. The lowest BCUT2D eigenvalue weighted by Gasteiger charge is -2.16. The molecule has 21 heavy (non-hydrogen) atoms. The number of ether oxygens (including phenoxy) is 4. The molecule has 0 aliphatic rings. The Labute approximate surface area is 123 Å². The van der Waals surface area contributed by atoms with Gasteiger partial charge in [-0.1, -0.05) is 0 Å². The predicted molar refractivity (Wildman–Crippen MR) is 79.7 cm³/mol. The molecule has 112 valence electrons. The molecule has 0 bridgehead atoms. The van der Waals surface area contributed by atoms with Gasteiger partial charge >= 0.3 is 5.97 Å². The number of carbonyl (C=O) groups excluding carboxylic acids is 1. The van der Waals surface area contributed by atoms with Crippen molar-refractivity contribution in [1.82, 2.24) is 0 Å². The molecule has 5 heteroatoms. The van der Waals surface area contributed by atoms with E-state index in [0.717, 1.165) is 16.3 Å². The molecule has 0 aromatic heterocycles. The third-order valence-corrected chi connectivity index (χ3v) is 3.37. The number of carbonyl (C=O) groups is 1. The number of hydrogen-bond donors (Lipinski definition) is 0. The van der Waals surface area contributed by atoms with Gasteiger partial charge in [0.1, 0.15) is 17.2 Å². The van der Waals surface area contributed by atoms with E-state index < -0.39 is 5.97 Å². The zero-order valence-corrected chi connectivity index (χ0v) is 12.8. The van der Waals surface area contributed by atoms with Crippen LogP contribution in [0.15, 0.2) is 18.2 Å². The van der Waals surface area contributed by atoms with Crippen LogP contribution in [-0.4, -0.2) is 34.4 Å². The van der Waals surface area contributed by atoms with Crippen molar-refractivity contribution in [3.05, 3.63) is 29.3 Å². The molecule has 0 saturated heterocycles. The summed E-state index contributed by atoms with van der Waals surface area (Å²) in [5.74, 6) is 1.44. The summed E-state index contributed by atoms with van der Waals surface area (Å²) in [7, 11) is 6.07. The third kappa shape index (κ3) is 2.46. The first kappa shape index (κ1) is 15.0. The van der Waals surface area contributed by atoms with Crippen LogP contribution in [-0.2, 0) is 4.74 Å². The molecule has 0 saturated carbocycles. The van der Waals surface area contributed by atoms with Crippen molar-refractivity contribution in [2.45, 2.75) is 6.92 Å². The van der Waals surface area contributed by atoms with E-state index in [1.54, 1.807) is 33.5 Å². The first-order valence-electron chi connectivity index (χ1n) is 6.39. The SMILES string of the molecule is COC(=O)c1cc(OC)c2c(OC)c(C)cc(OC)c2c1.